The quantitative estimate of drug-likeness (QED) is 0.795. The third-order valence-electron chi connectivity index (χ3n) is 2.85. The molecule has 0 aliphatic rings. The van der Waals surface area contributed by atoms with Crippen LogP contribution in [0.2, 0.25) is 0 Å². The van der Waals surface area contributed by atoms with Crippen molar-refractivity contribution in [1.29, 1.82) is 0 Å². The van der Waals surface area contributed by atoms with E-state index < -0.39 is 0 Å². The number of aryl methyl sites for hydroxylation is 1. The van der Waals surface area contributed by atoms with Crippen LogP contribution >= 0.6 is 11.8 Å². The Hall–Kier alpha value is -1.89. The van der Waals surface area contributed by atoms with E-state index in [1.807, 2.05) is 12.1 Å². The maximum Gasteiger partial charge on any atom is 0.236 e. The van der Waals surface area contributed by atoms with Crippen molar-refractivity contribution < 1.29 is 4.79 Å². The first kappa shape index (κ1) is 15.5. The highest BCUT2D eigenvalue weighted by atomic mass is 32.2. The minimum atomic E-state index is -0.0959. The van der Waals surface area contributed by atoms with Crippen molar-refractivity contribution in [3.63, 3.8) is 0 Å². The van der Waals surface area contributed by atoms with E-state index in [2.05, 4.69) is 38.9 Å². The Labute approximate surface area is 128 Å². The topological polar surface area (TPSA) is 72.7 Å². The van der Waals surface area contributed by atoms with Crippen LogP contribution in [0.4, 0.5) is 5.82 Å². The number of carbonyl (C=O) groups excluding carboxylic acids is 1. The Morgan fingerprint density at radius 3 is 2.86 bits per heavy atom. The van der Waals surface area contributed by atoms with Gasteiger partial charge >= 0.3 is 0 Å². The lowest BCUT2D eigenvalue weighted by Gasteiger charge is -2.06. The highest BCUT2D eigenvalue weighted by Crippen LogP contribution is 2.18. The van der Waals surface area contributed by atoms with Crippen LogP contribution < -0.4 is 5.32 Å². The fourth-order valence-corrected chi connectivity index (χ4v) is 2.72. The molecule has 0 atom stereocenters. The fraction of sp³-hybridized carbons (Fsp3) is 0.429. The molecule has 21 heavy (non-hydrogen) atoms. The van der Waals surface area contributed by atoms with Gasteiger partial charge in [0.1, 0.15) is 11.6 Å². The van der Waals surface area contributed by atoms with E-state index in [4.69, 9.17) is 0 Å². The Morgan fingerprint density at radius 1 is 1.33 bits per heavy atom. The fourth-order valence-electron chi connectivity index (χ4n) is 1.90. The lowest BCUT2D eigenvalue weighted by atomic mass is 10.3. The van der Waals surface area contributed by atoms with Gasteiger partial charge in [0.25, 0.3) is 0 Å². The molecule has 1 N–H and O–H groups in total. The highest BCUT2D eigenvalue weighted by Gasteiger charge is 2.12. The largest absolute Gasteiger partial charge is 0.310 e. The molecular weight excluding hydrogens is 286 g/mol. The van der Waals surface area contributed by atoms with Gasteiger partial charge in [0.05, 0.1) is 5.75 Å². The number of pyridine rings is 1. The smallest absolute Gasteiger partial charge is 0.236 e. The molecule has 0 spiro atoms. The van der Waals surface area contributed by atoms with Gasteiger partial charge in [-0.3, -0.25) is 4.79 Å². The zero-order valence-corrected chi connectivity index (χ0v) is 13.1. The van der Waals surface area contributed by atoms with Crippen LogP contribution in [0.25, 0.3) is 0 Å². The summed E-state index contributed by atoms with van der Waals surface area (Å²) in [6.45, 7) is 4.98. The van der Waals surface area contributed by atoms with Crippen molar-refractivity contribution in [2.75, 3.05) is 11.1 Å². The number of rotatable bonds is 7. The molecule has 0 bridgehead atoms. The highest BCUT2D eigenvalue weighted by molar-refractivity contribution is 7.99. The summed E-state index contributed by atoms with van der Waals surface area (Å²) in [7, 11) is 0. The number of amides is 1. The predicted molar refractivity (Wildman–Crippen MR) is 83.3 cm³/mol. The van der Waals surface area contributed by atoms with Gasteiger partial charge in [-0.1, -0.05) is 24.8 Å². The number of aromatic nitrogens is 4. The van der Waals surface area contributed by atoms with E-state index in [-0.39, 0.29) is 5.91 Å². The molecule has 1 amide bonds. The second kappa shape index (κ2) is 7.78. The first-order valence-electron chi connectivity index (χ1n) is 7.00. The summed E-state index contributed by atoms with van der Waals surface area (Å²) in [5.74, 6) is 1.74. The second-order valence-corrected chi connectivity index (χ2v) is 5.39. The molecule has 0 aliphatic carbocycles. The van der Waals surface area contributed by atoms with Crippen LogP contribution in [0.3, 0.4) is 0 Å². The molecule has 0 aliphatic heterocycles. The van der Waals surface area contributed by atoms with Gasteiger partial charge in [0.15, 0.2) is 5.16 Å². The van der Waals surface area contributed by atoms with Gasteiger partial charge in [-0.25, -0.2) is 4.98 Å². The van der Waals surface area contributed by atoms with E-state index in [0.717, 1.165) is 30.4 Å². The number of thioether (sulfide) groups is 1. The van der Waals surface area contributed by atoms with Gasteiger partial charge < -0.3 is 9.88 Å². The van der Waals surface area contributed by atoms with Gasteiger partial charge in [0.2, 0.25) is 5.91 Å². The van der Waals surface area contributed by atoms with E-state index >= 15 is 0 Å². The molecule has 2 aromatic heterocycles. The number of nitrogens with zero attached hydrogens (tertiary/aromatic N) is 4. The molecule has 0 fully saturated rings. The lowest BCUT2D eigenvalue weighted by molar-refractivity contribution is -0.113. The zero-order valence-electron chi connectivity index (χ0n) is 12.2. The van der Waals surface area contributed by atoms with Gasteiger partial charge in [0, 0.05) is 19.2 Å². The van der Waals surface area contributed by atoms with Gasteiger partial charge in [-0.15, -0.1) is 10.2 Å². The van der Waals surface area contributed by atoms with Crippen LogP contribution in [0.1, 0.15) is 26.1 Å². The van der Waals surface area contributed by atoms with Crippen molar-refractivity contribution >= 4 is 23.5 Å². The van der Waals surface area contributed by atoms with E-state index in [1.54, 1.807) is 12.3 Å². The summed E-state index contributed by atoms with van der Waals surface area (Å²) in [5.41, 5.74) is 0. The predicted octanol–water partition coefficient (Wildman–Crippen LogP) is 2.38. The Morgan fingerprint density at radius 2 is 2.19 bits per heavy atom. The monoisotopic (exact) mass is 305 g/mol. The van der Waals surface area contributed by atoms with Crippen LogP contribution in [0, 0.1) is 0 Å². The zero-order chi connectivity index (χ0) is 15.1. The average Bonchev–Trinajstić information content (AvgIpc) is 2.88. The molecule has 2 heterocycles. The van der Waals surface area contributed by atoms with Crippen molar-refractivity contribution in [3.8, 4) is 0 Å². The van der Waals surface area contributed by atoms with Crippen molar-refractivity contribution in [1.82, 2.24) is 19.7 Å². The van der Waals surface area contributed by atoms with Crippen LogP contribution in [0.5, 0.6) is 0 Å². The van der Waals surface area contributed by atoms with Crippen LogP contribution in [-0.2, 0) is 17.8 Å². The minimum Gasteiger partial charge on any atom is -0.310 e. The molecule has 0 saturated heterocycles. The summed E-state index contributed by atoms with van der Waals surface area (Å²) in [4.78, 5) is 16.0. The normalized spacial score (nSPS) is 10.6. The maximum atomic E-state index is 11.9. The Balaban J connectivity index is 1.92. The first-order chi connectivity index (χ1) is 10.2. The molecule has 2 aromatic rings. The van der Waals surface area contributed by atoms with Crippen molar-refractivity contribution in [2.45, 2.75) is 38.4 Å². The summed E-state index contributed by atoms with van der Waals surface area (Å²) >= 11 is 1.40. The third-order valence-corrected chi connectivity index (χ3v) is 3.81. The number of carbonyl (C=O) groups is 1. The van der Waals surface area contributed by atoms with Crippen LogP contribution in [0.15, 0.2) is 29.6 Å². The van der Waals surface area contributed by atoms with E-state index in [1.165, 1.54) is 11.8 Å². The number of hydrogen-bond acceptors (Lipinski definition) is 5. The van der Waals surface area contributed by atoms with Gasteiger partial charge in [-0.2, -0.15) is 0 Å². The number of anilines is 1. The molecule has 0 aromatic carbocycles. The average molecular weight is 305 g/mol. The van der Waals surface area contributed by atoms with E-state index in [0.29, 0.717) is 11.6 Å². The van der Waals surface area contributed by atoms with Crippen LogP contribution in [-0.4, -0.2) is 31.4 Å². The summed E-state index contributed by atoms with van der Waals surface area (Å²) in [5, 5.41) is 11.9. The Kier molecular flexibility index (Phi) is 5.74. The molecule has 6 nitrogen and oxygen atoms in total. The van der Waals surface area contributed by atoms with Crippen molar-refractivity contribution in [3.05, 3.63) is 30.2 Å². The molecule has 0 radical (unpaired) electrons. The number of nitrogens with one attached hydrogen (secondary N) is 1. The second-order valence-electron chi connectivity index (χ2n) is 4.44. The van der Waals surface area contributed by atoms with Gasteiger partial charge in [-0.05, 0) is 25.5 Å². The molecule has 0 saturated carbocycles. The molecule has 112 valence electrons. The Bertz CT molecular complexity index is 584. The van der Waals surface area contributed by atoms with E-state index in [9.17, 15) is 4.79 Å². The maximum absolute atomic E-state index is 11.9. The third kappa shape index (κ3) is 4.29. The SMILES string of the molecule is CCCc1nnc(SCC(=O)Nc2ccccn2)n1CC. The molecular formula is C14H19N5OS. The summed E-state index contributed by atoms with van der Waals surface area (Å²) in [6.07, 6.45) is 3.58. The summed E-state index contributed by atoms with van der Waals surface area (Å²) in [6, 6.07) is 5.40. The minimum absolute atomic E-state index is 0.0959. The number of hydrogen-bond donors (Lipinski definition) is 1. The van der Waals surface area contributed by atoms with Crippen molar-refractivity contribution in [2.24, 2.45) is 0 Å². The molecule has 7 heteroatoms. The standard InChI is InChI=1S/C14H19N5OS/c1-3-7-12-17-18-14(19(12)4-2)21-10-13(20)16-11-8-5-6-9-15-11/h5-6,8-9H,3-4,7,10H2,1-2H3,(H,15,16,20). The molecule has 2 rings (SSSR count). The summed E-state index contributed by atoms with van der Waals surface area (Å²) < 4.78 is 2.06. The first-order valence-corrected chi connectivity index (χ1v) is 7.98. The lowest BCUT2D eigenvalue weighted by Crippen LogP contribution is -2.15. The molecule has 0 unspecified atom stereocenters.